The van der Waals surface area contributed by atoms with Crippen molar-refractivity contribution in [3.8, 4) is 18.1 Å². The molecular weight excluding hydrogens is 167 g/mol. The number of halogens is 2. The lowest BCUT2D eigenvalue weighted by Gasteiger charge is -1.97. The van der Waals surface area contributed by atoms with E-state index < -0.39 is 5.82 Å². The van der Waals surface area contributed by atoms with E-state index in [9.17, 15) is 4.39 Å². The summed E-state index contributed by atoms with van der Waals surface area (Å²) in [7, 11) is 0. The summed E-state index contributed by atoms with van der Waals surface area (Å²) in [6.45, 7) is 0. The van der Waals surface area contributed by atoms with E-state index in [0.29, 0.717) is 0 Å². The zero-order chi connectivity index (χ0) is 8.43. The molecule has 0 radical (unpaired) electrons. The molecule has 0 heterocycles. The molecule has 1 nitrogen and oxygen atoms in total. The zero-order valence-corrected chi connectivity index (χ0v) is 6.19. The third kappa shape index (κ3) is 1.44. The molecular formula is C8H4ClFO. The van der Waals surface area contributed by atoms with Gasteiger partial charge >= 0.3 is 0 Å². The van der Waals surface area contributed by atoms with Gasteiger partial charge in [0, 0.05) is 6.07 Å². The second kappa shape index (κ2) is 2.81. The van der Waals surface area contributed by atoms with Gasteiger partial charge in [0.25, 0.3) is 0 Å². The maximum Gasteiger partial charge on any atom is 0.142 e. The van der Waals surface area contributed by atoms with Crippen molar-refractivity contribution in [2.45, 2.75) is 0 Å². The fourth-order valence-corrected chi connectivity index (χ4v) is 0.811. The number of phenols is 1. The Labute approximate surface area is 68.4 Å². The van der Waals surface area contributed by atoms with Crippen molar-refractivity contribution in [1.29, 1.82) is 0 Å². The number of rotatable bonds is 0. The monoisotopic (exact) mass is 170 g/mol. The minimum Gasteiger partial charge on any atom is -0.506 e. The highest BCUT2D eigenvalue weighted by molar-refractivity contribution is 6.32. The largest absolute Gasteiger partial charge is 0.506 e. The van der Waals surface area contributed by atoms with Gasteiger partial charge in [-0.15, -0.1) is 6.42 Å². The van der Waals surface area contributed by atoms with Gasteiger partial charge < -0.3 is 5.11 Å². The van der Waals surface area contributed by atoms with Crippen LogP contribution in [0.15, 0.2) is 12.1 Å². The highest BCUT2D eigenvalue weighted by atomic mass is 35.5. The van der Waals surface area contributed by atoms with Crippen molar-refractivity contribution in [3.63, 3.8) is 0 Å². The molecule has 0 amide bonds. The van der Waals surface area contributed by atoms with E-state index in [2.05, 4.69) is 5.92 Å². The quantitative estimate of drug-likeness (QED) is 0.592. The lowest BCUT2D eigenvalue weighted by Crippen LogP contribution is -1.82. The molecule has 1 N–H and O–H groups in total. The van der Waals surface area contributed by atoms with Crippen LogP contribution in [0.25, 0.3) is 0 Å². The average Bonchev–Trinajstić information content (AvgIpc) is 1.97. The molecule has 0 fully saturated rings. The Morgan fingerprint density at radius 1 is 1.55 bits per heavy atom. The first-order valence-corrected chi connectivity index (χ1v) is 3.17. The summed E-state index contributed by atoms with van der Waals surface area (Å²) in [5.41, 5.74) is 0.0489. The summed E-state index contributed by atoms with van der Waals surface area (Å²) >= 11 is 5.45. The molecule has 0 unspecified atom stereocenters. The number of hydrogen-bond acceptors (Lipinski definition) is 1. The molecule has 0 aliphatic rings. The van der Waals surface area contributed by atoms with Gasteiger partial charge in [0.1, 0.15) is 11.6 Å². The Hall–Kier alpha value is -1.20. The molecule has 0 saturated carbocycles. The van der Waals surface area contributed by atoms with Gasteiger partial charge in [0.15, 0.2) is 0 Å². The molecule has 0 aliphatic carbocycles. The van der Waals surface area contributed by atoms with Gasteiger partial charge in [0.2, 0.25) is 0 Å². The maximum absolute atomic E-state index is 12.7. The van der Waals surface area contributed by atoms with Gasteiger partial charge in [-0.2, -0.15) is 0 Å². The molecule has 0 atom stereocenters. The lowest BCUT2D eigenvalue weighted by molar-refractivity contribution is 0.469. The third-order valence-electron chi connectivity index (χ3n) is 1.19. The lowest BCUT2D eigenvalue weighted by atomic mass is 10.2. The number of hydrogen-bond donors (Lipinski definition) is 1. The Balaban J connectivity index is 3.35. The Kier molecular flexibility index (Phi) is 2.02. The summed E-state index contributed by atoms with van der Waals surface area (Å²) < 4.78 is 12.7. The Bertz CT molecular complexity index is 328. The molecule has 56 valence electrons. The van der Waals surface area contributed by atoms with E-state index in [0.717, 1.165) is 6.07 Å². The Morgan fingerprint density at radius 2 is 2.18 bits per heavy atom. The van der Waals surface area contributed by atoms with Crippen LogP contribution in [0.4, 0.5) is 4.39 Å². The summed E-state index contributed by atoms with van der Waals surface area (Å²) in [6.07, 6.45) is 4.94. The van der Waals surface area contributed by atoms with Crippen LogP contribution in [-0.2, 0) is 0 Å². The molecule has 1 aromatic carbocycles. The topological polar surface area (TPSA) is 20.2 Å². The van der Waals surface area contributed by atoms with Crippen LogP contribution >= 0.6 is 11.6 Å². The van der Waals surface area contributed by atoms with Gasteiger partial charge in [-0.05, 0) is 6.07 Å². The van der Waals surface area contributed by atoms with E-state index in [-0.39, 0.29) is 16.3 Å². The first-order valence-electron chi connectivity index (χ1n) is 2.79. The second-order valence-electron chi connectivity index (χ2n) is 1.93. The van der Waals surface area contributed by atoms with Crippen molar-refractivity contribution in [2.75, 3.05) is 0 Å². The summed E-state index contributed by atoms with van der Waals surface area (Å²) in [5.74, 6) is 1.15. The number of terminal acetylenes is 1. The maximum atomic E-state index is 12.7. The minimum atomic E-state index is -0.644. The summed E-state index contributed by atoms with van der Waals surface area (Å²) in [6, 6.07) is 2.09. The van der Waals surface area contributed by atoms with Crippen LogP contribution in [0, 0.1) is 18.2 Å². The SMILES string of the molecule is C#Cc1cc(Cl)c(O)cc1F. The highest BCUT2D eigenvalue weighted by Crippen LogP contribution is 2.25. The second-order valence-corrected chi connectivity index (χ2v) is 2.34. The van der Waals surface area contributed by atoms with Crippen molar-refractivity contribution < 1.29 is 9.50 Å². The van der Waals surface area contributed by atoms with Gasteiger partial charge in [-0.3, -0.25) is 0 Å². The summed E-state index contributed by atoms with van der Waals surface area (Å²) in [4.78, 5) is 0. The van der Waals surface area contributed by atoms with E-state index in [1.807, 2.05) is 0 Å². The van der Waals surface area contributed by atoms with Crippen LogP contribution in [0.3, 0.4) is 0 Å². The number of phenolic OH excluding ortho intramolecular Hbond substituents is 1. The third-order valence-corrected chi connectivity index (χ3v) is 1.49. The molecule has 1 aromatic rings. The molecule has 3 heteroatoms. The van der Waals surface area contributed by atoms with E-state index >= 15 is 0 Å². The van der Waals surface area contributed by atoms with E-state index in [4.69, 9.17) is 23.1 Å². The Morgan fingerprint density at radius 3 is 2.73 bits per heavy atom. The standard InChI is InChI=1S/C8H4ClFO/c1-2-5-3-6(9)8(11)4-7(5)10/h1,3-4,11H. The molecule has 0 spiro atoms. The zero-order valence-electron chi connectivity index (χ0n) is 5.44. The van der Waals surface area contributed by atoms with Crippen LogP contribution in [0.2, 0.25) is 5.02 Å². The van der Waals surface area contributed by atoms with Crippen LogP contribution in [0.5, 0.6) is 5.75 Å². The van der Waals surface area contributed by atoms with Crippen molar-refractivity contribution in [1.82, 2.24) is 0 Å². The fraction of sp³-hybridized carbons (Fsp3) is 0. The van der Waals surface area contributed by atoms with Gasteiger partial charge in [-0.1, -0.05) is 17.5 Å². The fourth-order valence-electron chi connectivity index (χ4n) is 0.647. The smallest absolute Gasteiger partial charge is 0.142 e. The van der Waals surface area contributed by atoms with Gasteiger partial charge in [0.05, 0.1) is 10.6 Å². The van der Waals surface area contributed by atoms with Gasteiger partial charge in [-0.25, -0.2) is 4.39 Å². The molecule has 0 aliphatic heterocycles. The normalized spacial score (nSPS) is 9.18. The highest BCUT2D eigenvalue weighted by Gasteiger charge is 2.04. The predicted octanol–water partition coefficient (Wildman–Crippen LogP) is 2.17. The molecule has 0 bridgehead atoms. The number of benzene rings is 1. The molecule has 1 rings (SSSR count). The minimum absolute atomic E-state index is 0.0489. The first kappa shape index (κ1) is 7.90. The van der Waals surface area contributed by atoms with E-state index in [1.165, 1.54) is 6.07 Å². The van der Waals surface area contributed by atoms with Crippen LogP contribution in [-0.4, -0.2) is 5.11 Å². The van der Waals surface area contributed by atoms with Crippen LogP contribution < -0.4 is 0 Å². The summed E-state index contributed by atoms with van der Waals surface area (Å²) in [5, 5.41) is 8.93. The van der Waals surface area contributed by atoms with Crippen molar-refractivity contribution in [3.05, 3.63) is 28.5 Å². The average molecular weight is 171 g/mol. The van der Waals surface area contributed by atoms with E-state index in [1.54, 1.807) is 0 Å². The van der Waals surface area contributed by atoms with Crippen molar-refractivity contribution in [2.24, 2.45) is 0 Å². The molecule has 11 heavy (non-hydrogen) atoms. The molecule has 0 aromatic heterocycles. The first-order chi connectivity index (χ1) is 5.15. The van der Waals surface area contributed by atoms with Crippen LogP contribution in [0.1, 0.15) is 5.56 Å². The van der Waals surface area contributed by atoms with Crippen molar-refractivity contribution >= 4 is 11.6 Å². The number of aromatic hydroxyl groups is 1. The predicted molar refractivity (Wildman–Crippen MR) is 41.0 cm³/mol. The molecule has 0 saturated heterocycles.